The summed E-state index contributed by atoms with van der Waals surface area (Å²) in [7, 11) is 1.44. The summed E-state index contributed by atoms with van der Waals surface area (Å²) in [6.45, 7) is 1.73. The largest absolute Gasteiger partial charge is 0.493 e. The molecule has 0 aliphatic rings. The SMILES string of the molecule is CCOc1c(Br)cc(C(=O)OCC(=O)NC(=O)NCc2ccco2)cc1OC. The number of imide groups is 1. The predicted octanol–water partition coefficient (Wildman–Crippen LogP) is 2.63. The fraction of sp³-hybridized carbons (Fsp3) is 0.278. The topological polar surface area (TPSA) is 116 Å². The molecule has 0 spiro atoms. The van der Waals surface area contributed by atoms with Gasteiger partial charge in [-0.05, 0) is 47.1 Å². The maximum absolute atomic E-state index is 12.2. The Hall–Kier alpha value is -3.01. The van der Waals surface area contributed by atoms with Crippen molar-refractivity contribution in [3.8, 4) is 11.5 Å². The minimum absolute atomic E-state index is 0.117. The third-order valence-corrected chi connectivity index (χ3v) is 3.93. The number of urea groups is 1. The number of carbonyl (C=O) groups excluding carboxylic acids is 3. The van der Waals surface area contributed by atoms with Crippen molar-refractivity contribution in [2.75, 3.05) is 20.3 Å². The summed E-state index contributed by atoms with van der Waals surface area (Å²) in [6.07, 6.45) is 1.47. The summed E-state index contributed by atoms with van der Waals surface area (Å²) >= 11 is 3.30. The summed E-state index contributed by atoms with van der Waals surface area (Å²) in [5, 5.41) is 4.48. The molecule has 9 nitrogen and oxygen atoms in total. The highest BCUT2D eigenvalue weighted by Crippen LogP contribution is 2.36. The van der Waals surface area contributed by atoms with Crippen molar-refractivity contribution >= 4 is 33.8 Å². The van der Waals surface area contributed by atoms with Gasteiger partial charge in [-0.1, -0.05) is 0 Å². The Labute approximate surface area is 169 Å². The van der Waals surface area contributed by atoms with Crippen molar-refractivity contribution in [2.45, 2.75) is 13.5 Å². The number of hydrogen-bond acceptors (Lipinski definition) is 7. The van der Waals surface area contributed by atoms with Crippen LogP contribution in [0.3, 0.4) is 0 Å². The number of rotatable bonds is 8. The van der Waals surface area contributed by atoms with Crippen LogP contribution >= 0.6 is 15.9 Å². The zero-order valence-corrected chi connectivity index (χ0v) is 16.8. The van der Waals surface area contributed by atoms with Crippen LogP contribution in [0.2, 0.25) is 0 Å². The summed E-state index contributed by atoms with van der Waals surface area (Å²) in [5.74, 6) is -0.211. The van der Waals surface area contributed by atoms with Gasteiger partial charge in [0.15, 0.2) is 18.1 Å². The lowest BCUT2D eigenvalue weighted by Gasteiger charge is -2.13. The number of furan rings is 1. The molecule has 0 unspecified atom stereocenters. The molecule has 0 bridgehead atoms. The average Bonchev–Trinajstić information content (AvgIpc) is 3.19. The Morgan fingerprint density at radius 3 is 2.68 bits per heavy atom. The molecule has 0 fully saturated rings. The summed E-state index contributed by atoms with van der Waals surface area (Å²) in [6, 6.07) is 5.54. The average molecular weight is 455 g/mol. The van der Waals surface area contributed by atoms with Crippen LogP contribution in [0.5, 0.6) is 11.5 Å². The molecule has 0 radical (unpaired) electrons. The van der Waals surface area contributed by atoms with E-state index in [4.69, 9.17) is 18.6 Å². The molecule has 150 valence electrons. The third-order valence-electron chi connectivity index (χ3n) is 3.34. The van der Waals surface area contributed by atoms with Crippen LogP contribution in [0.25, 0.3) is 0 Å². The summed E-state index contributed by atoms with van der Waals surface area (Å²) in [4.78, 5) is 35.6. The van der Waals surface area contributed by atoms with E-state index in [-0.39, 0.29) is 12.1 Å². The van der Waals surface area contributed by atoms with E-state index < -0.39 is 24.5 Å². The normalized spacial score (nSPS) is 10.1. The van der Waals surface area contributed by atoms with Crippen molar-refractivity contribution < 1.29 is 33.0 Å². The lowest BCUT2D eigenvalue weighted by atomic mass is 10.2. The third kappa shape index (κ3) is 6.02. The molecule has 2 rings (SSSR count). The lowest BCUT2D eigenvalue weighted by molar-refractivity contribution is -0.123. The van der Waals surface area contributed by atoms with E-state index in [2.05, 4.69) is 21.2 Å². The lowest BCUT2D eigenvalue weighted by Crippen LogP contribution is -2.41. The van der Waals surface area contributed by atoms with Crippen LogP contribution in [0.4, 0.5) is 4.79 Å². The first-order chi connectivity index (χ1) is 13.4. The molecule has 1 aromatic carbocycles. The number of esters is 1. The number of benzene rings is 1. The molecule has 0 aliphatic carbocycles. The number of carbonyl (C=O) groups is 3. The van der Waals surface area contributed by atoms with Crippen molar-refractivity contribution in [2.24, 2.45) is 0 Å². The van der Waals surface area contributed by atoms with Gasteiger partial charge in [-0.25, -0.2) is 9.59 Å². The van der Waals surface area contributed by atoms with Crippen molar-refractivity contribution in [1.29, 1.82) is 0 Å². The highest BCUT2D eigenvalue weighted by atomic mass is 79.9. The standard InChI is InChI=1S/C18H19BrN2O7/c1-3-26-16-13(19)7-11(8-14(16)25-2)17(23)28-10-15(22)21-18(24)20-9-12-5-4-6-27-12/h4-8H,3,9-10H2,1-2H3,(H2,20,21,22,24). The highest BCUT2D eigenvalue weighted by Gasteiger charge is 2.18. The second kappa shape index (κ2) is 10.4. The van der Waals surface area contributed by atoms with Crippen LogP contribution < -0.4 is 20.1 Å². The molecule has 0 saturated carbocycles. The fourth-order valence-electron chi connectivity index (χ4n) is 2.12. The van der Waals surface area contributed by atoms with Gasteiger partial charge in [0, 0.05) is 0 Å². The van der Waals surface area contributed by atoms with Crippen LogP contribution in [0, 0.1) is 0 Å². The summed E-state index contributed by atoms with van der Waals surface area (Å²) < 4.78 is 21.1. The number of halogens is 1. The van der Waals surface area contributed by atoms with Gasteiger partial charge < -0.3 is 23.9 Å². The van der Waals surface area contributed by atoms with Gasteiger partial charge in [-0.15, -0.1) is 0 Å². The quantitative estimate of drug-likeness (QED) is 0.588. The second-order valence-electron chi connectivity index (χ2n) is 5.31. The van der Waals surface area contributed by atoms with Gasteiger partial charge in [0.25, 0.3) is 5.91 Å². The molecular weight excluding hydrogens is 436 g/mol. The van der Waals surface area contributed by atoms with Crippen molar-refractivity contribution in [3.63, 3.8) is 0 Å². The van der Waals surface area contributed by atoms with E-state index in [9.17, 15) is 14.4 Å². The number of amides is 3. The minimum atomic E-state index is -0.776. The molecule has 1 heterocycles. The second-order valence-corrected chi connectivity index (χ2v) is 6.16. The molecule has 0 aliphatic heterocycles. The Morgan fingerprint density at radius 2 is 2.04 bits per heavy atom. The monoisotopic (exact) mass is 454 g/mol. The fourth-order valence-corrected chi connectivity index (χ4v) is 2.68. The highest BCUT2D eigenvalue weighted by molar-refractivity contribution is 9.10. The maximum atomic E-state index is 12.2. The van der Waals surface area contributed by atoms with Gasteiger partial charge in [0.05, 0.1) is 36.6 Å². The first-order valence-electron chi connectivity index (χ1n) is 8.22. The zero-order chi connectivity index (χ0) is 20.5. The Balaban J connectivity index is 1.86. The molecule has 2 N–H and O–H groups in total. The molecule has 0 atom stereocenters. The van der Waals surface area contributed by atoms with Gasteiger partial charge in [0.2, 0.25) is 0 Å². The number of ether oxygens (including phenoxy) is 3. The molecular formula is C18H19BrN2O7. The Morgan fingerprint density at radius 1 is 1.25 bits per heavy atom. The van der Waals surface area contributed by atoms with Crippen molar-refractivity contribution in [1.82, 2.24) is 10.6 Å². The molecule has 2 aromatic rings. The number of hydrogen-bond donors (Lipinski definition) is 2. The maximum Gasteiger partial charge on any atom is 0.338 e. The zero-order valence-electron chi connectivity index (χ0n) is 15.2. The van der Waals surface area contributed by atoms with Crippen LogP contribution in [-0.4, -0.2) is 38.2 Å². The molecule has 0 saturated heterocycles. The van der Waals surface area contributed by atoms with Crippen molar-refractivity contribution in [3.05, 3.63) is 46.3 Å². The first-order valence-corrected chi connectivity index (χ1v) is 9.01. The Kier molecular flexibility index (Phi) is 7.88. The van der Waals surface area contributed by atoms with E-state index >= 15 is 0 Å². The van der Waals surface area contributed by atoms with Gasteiger partial charge in [-0.3, -0.25) is 10.1 Å². The van der Waals surface area contributed by atoms with E-state index in [1.165, 1.54) is 25.5 Å². The van der Waals surface area contributed by atoms with Gasteiger partial charge in [0.1, 0.15) is 5.76 Å². The first kappa shape index (κ1) is 21.3. The van der Waals surface area contributed by atoms with E-state index in [0.717, 1.165) is 0 Å². The van der Waals surface area contributed by atoms with E-state index in [0.29, 0.717) is 28.3 Å². The van der Waals surface area contributed by atoms with Gasteiger partial charge >= 0.3 is 12.0 Å². The van der Waals surface area contributed by atoms with E-state index in [1.54, 1.807) is 12.1 Å². The van der Waals surface area contributed by atoms with Crippen LogP contribution in [0.1, 0.15) is 23.0 Å². The molecule has 1 aromatic heterocycles. The summed E-state index contributed by atoms with van der Waals surface area (Å²) in [5.41, 5.74) is 0.155. The van der Waals surface area contributed by atoms with Crippen LogP contribution in [-0.2, 0) is 16.1 Å². The number of nitrogens with one attached hydrogen (secondary N) is 2. The molecule has 3 amide bonds. The molecule has 10 heteroatoms. The Bertz CT molecular complexity index is 837. The predicted molar refractivity (Wildman–Crippen MR) is 101 cm³/mol. The van der Waals surface area contributed by atoms with Gasteiger partial charge in [-0.2, -0.15) is 0 Å². The number of methoxy groups -OCH3 is 1. The molecule has 28 heavy (non-hydrogen) atoms. The smallest absolute Gasteiger partial charge is 0.338 e. The van der Waals surface area contributed by atoms with E-state index in [1.807, 2.05) is 12.2 Å². The van der Waals surface area contributed by atoms with Crippen LogP contribution in [0.15, 0.2) is 39.4 Å². The minimum Gasteiger partial charge on any atom is -0.493 e.